The van der Waals surface area contributed by atoms with E-state index in [1.807, 2.05) is 18.4 Å². The minimum absolute atomic E-state index is 0.0579. The van der Waals surface area contributed by atoms with E-state index >= 15 is 0 Å². The topological polar surface area (TPSA) is 40.6 Å². The maximum Gasteiger partial charge on any atom is 0.242 e. The molecule has 4 nitrogen and oxygen atoms in total. The van der Waals surface area contributed by atoms with E-state index in [0.717, 1.165) is 35.3 Å². The lowest BCUT2D eigenvalue weighted by molar-refractivity contribution is -0.141. The number of nitrogens with zero attached hydrogens (tertiary/aromatic N) is 2. The fourth-order valence-corrected chi connectivity index (χ4v) is 4.70. The van der Waals surface area contributed by atoms with E-state index in [4.69, 9.17) is 0 Å². The molecule has 0 saturated carbocycles. The van der Waals surface area contributed by atoms with Crippen molar-refractivity contribution in [3.05, 3.63) is 57.5 Å². The van der Waals surface area contributed by atoms with Crippen LogP contribution in [0, 0.1) is 18.7 Å². The molecule has 0 aliphatic carbocycles. The smallest absolute Gasteiger partial charge is 0.242 e. The first kappa shape index (κ1) is 27.0. The number of hydrogen-bond donors (Lipinski definition) is 0. The van der Waals surface area contributed by atoms with Crippen LogP contribution in [0.5, 0.6) is 0 Å². The predicted molar refractivity (Wildman–Crippen MR) is 135 cm³/mol. The Labute approximate surface area is 202 Å². The summed E-state index contributed by atoms with van der Waals surface area (Å²) < 4.78 is 13.4. The Kier molecular flexibility index (Phi) is 11.6. The second-order valence-electron chi connectivity index (χ2n) is 9.24. The first-order valence-electron chi connectivity index (χ1n) is 12.1. The van der Waals surface area contributed by atoms with Crippen LogP contribution in [0.15, 0.2) is 35.7 Å². The summed E-state index contributed by atoms with van der Waals surface area (Å²) in [5.41, 5.74) is 2.02. The molecule has 0 spiro atoms. The van der Waals surface area contributed by atoms with Crippen molar-refractivity contribution in [3.8, 4) is 0 Å². The molecule has 2 rings (SSSR count). The third-order valence-corrected chi connectivity index (χ3v) is 6.71. The van der Waals surface area contributed by atoms with Crippen molar-refractivity contribution in [2.45, 2.75) is 79.3 Å². The van der Waals surface area contributed by atoms with E-state index in [1.54, 1.807) is 33.3 Å². The van der Waals surface area contributed by atoms with Crippen molar-refractivity contribution in [3.63, 3.8) is 0 Å². The number of aryl methyl sites for hydroxylation is 1. The number of rotatable bonds is 14. The molecule has 0 saturated heterocycles. The minimum atomic E-state index is -0.293. The van der Waals surface area contributed by atoms with Gasteiger partial charge in [0.2, 0.25) is 11.8 Å². The van der Waals surface area contributed by atoms with E-state index in [1.165, 1.54) is 25.0 Å². The number of halogens is 1. The van der Waals surface area contributed by atoms with Crippen LogP contribution in [-0.2, 0) is 22.7 Å². The maximum absolute atomic E-state index is 13.4. The van der Waals surface area contributed by atoms with Crippen LogP contribution in [0.2, 0.25) is 0 Å². The van der Waals surface area contributed by atoms with E-state index in [9.17, 15) is 14.0 Å². The molecule has 2 amide bonds. The molecule has 33 heavy (non-hydrogen) atoms. The number of unbranched alkanes of at least 4 members (excludes halogenated alkanes) is 4. The zero-order chi connectivity index (χ0) is 24.2. The monoisotopic (exact) mass is 474 g/mol. The second-order valence-corrected chi connectivity index (χ2v) is 10.2. The summed E-state index contributed by atoms with van der Waals surface area (Å²) in [4.78, 5) is 31.0. The van der Waals surface area contributed by atoms with Gasteiger partial charge in [0.1, 0.15) is 5.82 Å². The molecule has 0 bridgehead atoms. The van der Waals surface area contributed by atoms with Crippen LogP contribution in [0.3, 0.4) is 0 Å². The normalized spacial score (nSPS) is 11.1. The number of carbonyl (C=O) groups is 2. The van der Waals surface area contributed by atoms with Gasteiger partial charge in [0.25, 0.3) is 0 Å². The fraction of sp³-hybridized carbons (Fsp3) is 0.556. The Bertz CT molecular complexity index is 863. The minimum Gasteiger partial charge on any atom is -0.333 e. The second kappa shape index (κ2) is 14.1. The van der Waals surface area contributed by atoms with Crippen molar-refractivity contribution in [1.82, 2.24) is 9.80 Å². The molecule has 0 aliphatic rings. The quantitative estimate of drug-likeness (QED) is 0.291. The Balaban J connectivity index is 2.10. The number of carbonyl (C=O) groups excluding carboxylic acids is 2. The van der Waals surface area contributed by atoms with Gasteiger partial charge in [0.05, 0.1) is 13.1 Å². The van der Waals surface area contributed by atoms with Crippen molar-refractivity contribution in [2.75, 3.05) is 13.1 Å². The van der Waals surface area contributed by atoms with Gasteiger partial charge in [-0.25, -0.2) is 4.39 Å². The van der Waals surface area contributed by atoms with Gasteiger partial charge < -0.3 is 9.80 Å². The van der Waals surface area contributed by atoms with E-state index in [-0.39, 0.29) is 30.1 Å². The summed E-state index contributed by atoms with van der Waals surface area (Å²) in [6.45, 7) is 9.88. The van der Waals surface area contributed by atoms with Crippen molar-refractivity contribution < 1.29 is 14.0 Å². The fourth-order valence-electron chi connectivity index (χ4n) is 3.78. The average Bonchev–Trinajstić information content (AvgIpc) is 3.18. The van der Waals surface area contributed by atoms with Gasteiger partial charge in [-0.3, -0.25) is 9.59 Å². The van der Waals surface area contributed by atoms with Gasteiger partial charge in [-0.1, -0.05) is 58.6 Å². The van der Waals surface area contributed by atoms with E-state index < -0.39 is 0 Å². The average molecular weight is 475 g/mol. The van der Waals surface area contributed by atoms with Gasteiger partial charge in [-0.2, -0.15) is 0 Å². The van der Waals surface area contributed by atoms with Crippen molar-refractivity contribution >= 4 is 23.2 Å². The summed E-state index contributed by atoms with van der Waals surface area (Å²) in [5.74, 6) is -0.0278. The molecule has 0 N–H and O–H groups in total. The highest BCUT2D eigenvalue weighted by Crippen LogP contribution is 2.20. The Morgan fingerprint density at radius 1 is 0.939 bits per heavy atom. The molecule has 182 valence electrons. The molecule has 0 atom stereocenters. The van der Waals surface area contributed by atoms with Crippen molar-refractivity contribution in [2.24, 2.45) is 5.92 Å². The zero-order valence-electron chi connectivity index (χ0n) is 20.6. The summed E-state index contributed by atoms with van der Waals surface area (Å²) in [6, 6.07) is 8.31. The highest BCUT2D eigenvalue weighted by Gasteiger charge is 2.23. The summed E-state index contributed by atoms with van der Waals surface area (Å²) in [7, 11) is 0. The standard InChI is InChI=1S/C27H39FN2O2S/c1-5-6-7-8-9-10-26(31)29(17-21(2)3)20-27(32)30(19-25-22(4)15-16-33-25)18-23-11-13-24(28)14-12-23/h11-16,21H,5-10,17-20H2,1-4H3. The van der Waals surface area contributed by atoms with Gasteiger partial charge in [0, 0.05) is 24.4 Å². The molecule has 2 aromatic rings. The predicted octanol–water partition coefficient (Wildman–Crippen LogP) is 6.57. The van der Waals surface area contributed by atoms with Crippen molar-refractivity contribution in [1.29, 1.82) is 0 Å². The summed E-state index contributed by atoms with van der Waals surface area (Å²) >= 11 is 1.63. The molecule has 1 heterocycles. The van der Waals surface area contributed by atoms with Gasteiger partial charge in [0.15, 0.2) is 0 Å². The molecule has 1 aromatic carbocycles. The van der Waals surface area contributed by atoms with E-state index in [2.05, 4.69) is 20.8 Å². The molecule has 0 radical (unpaired) electrons. The number of thiophene rings is 1. The van der Waals surface area contributed by atoms with Crippen LogP contribution < -0.4 is 0 Å². The molecular formula is C27H39FN2O2S. The molecule has 1 aromatic heterocycles. The maximum atomic E-state index is 13.4. The third-order valence-electron chi connectivity index (χ3n) is 5.70. The Morgan fingerprint density at radius 3 is 2.24 bits per heavy atom. The van der Waals surface area contributed by atoms with Crippen LogP contribution in [0.25, 0.3) is 0 Å². The molecular weight excluding hydrogens is 435 g/mol. The molecule has 0 aliphatic heterocycles. The van der Waals surface area contributed by atoms with Gasteiger partial charge in [-0.15, -0.1) is 11.3 Å². The summed E-state index contributed by atoms with van der Waals surface area (Å²) in [6.07, 6.45) is 5.94. The van der Waals surface area contributed by atoms with Crippen LogP contribution in [0.1, 0.15) is 75.3 Å². The first-order chi connectivity index (χ1) is 15.8. The summed E-state index contributed by atoms with van der Waals surface area (Å²) in [5, 5.41) is 2.03. The number of hydrogen-bond acceptors (Lipinski definition) is 3. The third kappa shape index (κ3) is 9.66. The SMILES string of the molecule is CCCCCCCC(=O)N(CC(=O)N(Cc1ccc(F)cc1)Cc1sccc1C)CC(C)C. The van der Waals surface area contributed by atoms with Gasteiger partial charge in [-0.05, 0) is 54.0 Å². The Hall–Kier alpha value is -2.21. The molecule has 0 unspecified atom stereocenters. The highest BCUT2D eigenvalue weighted by molar-refractivity contribution is 7.10. The highest BCUT2D eigenvalue weighted by atomic mass is 32.1. The number of amides is 2. The van der Waals surface area contributed by atoms with Gasteiger partial charge >= 0.3 is 0 Å². The largest absolute Gasteiger partial charge is 0.333 e. The lowest BCUT2D eigenvalue weighted by atomic mass is 10.1. The molecule has 0 fully saturated rings. The zero-order valence-corrected chi connectivity index (χ0v) is 21.4. The lowest BCUT2D eigenvalue weighted by Crippen LogP contribution is -2.43. The lowest BCUT2D eigenvalue weighted by Gasteiger charge is -2.29. The number of benzene rings is 1. The van der Waals surface area contributed by atoms with E-state index in [0.29, 0.717) is 26.1 Å². The van der Waals surface area contributed by atoms with Crippen LogP contribution in [0.4, 0.5) is 4.39 Å². The molecule has 6 heteroatoms. The van der Waals surface area contributed by atoms with Crippen LogP contribution in [-0.4, -0.2) is 34.7 Å². The Morgan fingerprint density at radius 2 is 1.64 bits per heavy atom. The van der Waals surface area contributed by atoms with Crippen LogP contribution >= 0.6 is 11.3 Å². The first-order valence-corrected chi connectivity index (χ1v) is 13.0.